The van der Waals surface area contributed by atoms with Crippen molar-refractivity contribution in [3.63, 3.8) is 0 Å². The van der Waals surface area contributed by atoms with Crippen LogP contribution in [0.4, 0.5) is 0 Å². The van der Waals surface area contributed by atoms with Gasteiger partial charge in [0.2, 0.25) is 0 Å². The number of rotatable bonds is 4. The zero-order chi connectivity index (χ0) is 15.1. The summed E-state index contributed by atoms with van der Waals surface area (Å²) in [5, 5.41) is 2.93. The minimum absolute atomic E-state index is 0.226. The molecule has 0 fully saturated rings. The molecule has 0 heterocycles. The molecule has 1 aromatic rings. The molecule has 3 heteroatoms. The summed E-state index contributed by atoms with van der Waals surface area (Å²) < 4.78 is 4.67. The summed E-state index contributed by atoms with van der Waals surface area (Å²) in [5.74, 6) is -0.226. The van der Waals surface area contributed by atoms with E-state index in [0.717, 1.165) is 5.56 Å². The molecule has 1 atom stereocenters. The number of carbonyl (C=O) groups excluding carboxylic acids is 1. The van der Waals surface area contributed by atoms with Gasteiger partial charge in [-0.2, -0.15) is 0 Å². The van der Waals surface area contributed by atoms with Crippen molar-refractivity contribution in [2.45, 2.75) is 33.2 Å². The first-order valence-corrected chi connectivity index (χ1v) is 6.55. The summed E-state index contributed by atoms with van der Waals surface area (Å²) >= 11 is 0. The van der Waals surface area contributed by atoms with Crippen LogP contribution in [0, 0.1) is 0 Å². The molecule has 0 saturated carbocycles. The summed E-state index contributed by atoms with van der Waals surface area (Å²) in [6.07, 6.45) is 2.41. The molecule has 1 unspecified atom stereocenters. The van der Waals surface area contributed by atoms with Gasteiger partial charge in [-0.3, -0.25) is 4.79 Å². The molecule has 1 aromatic carbocycles. The fraction of sp³-hybridized carbons (Fsp3) is 0.438. The van der Waals surface area contributed by atoms with Crippen molar-refractivity contribution in [3.05, 3.63) is 48.6 Å². The second kappa shape index (κ2) is 14.5. The molecule has 1 rings (SSSR count). The van der Waals surface area contributed by atoms with Crippen molar-refractivity contribution in [1.29, 1.82) is 0 Å². The molecule has 0 bridgehead atoms. The van der Waals surface area contributed by atoms with Crippen molar-refractivity contribution in [3.8, 4) is 0 Å². The highest BCUT2D eigenvalue weighted by Gasteiger charge is 2.16. The number of nitrogens with one attached hydrogen (secondary N) is 1. The minimum Gasteiger partial charge on any atom is -0.468 e. The van der Waals surface area contributed by atoms with E-state index in [1.807, 2.05) is 51.1 Å². The Morgan fingerprint density at radius 2 is 1.84 bits per heavy atom. The van der Waals surface area contributed by atoms with Crippen LogP contribution in [0.5, 0.6) is 0 Å². The summed E-state index contributed by atoms with van der Waals surface area (Å²) in [7, 11) is 3.15. The number of ether oxygens (including phenoxy) is 1. The summed E-state index contributed by atoms with van der Waals surface area (Å²) in [5.41, 5.74) is 1.12. The fourth-order valence-electron chi connectivity index (χ4n) is 1.30. The van der Waals surface area contributed by atoms with Crippen molar-refractivity contribution < 1.29 is 9.53 Å². The van der Waals surface area contributed by atoms with Crippen LogP contribution in [0.2, 0.25) is 0 Å². The van der Waals surface area contributed by atoms with E-state index in [4.69, 9.17) is 0 Å². The second-order valence-electron chi connectivity index (χ2n) is 3.46. The molecule has 0 spiro atoms. The van der Waals surface area contributed by atoms with Crippen molar-refractivity contribution in [2.24, 2.45) is 0 Å². The lowest BCUT2D eigenvalue weighted by atomic mass is 10.1. The van der Waals surface area contributed by atoms with E-state index < -0.39 is 0 Å². The molecule has 0 saturated heterocycles. The van der Waals surface area contributed by atoms with Gasteiger partial charge in [0.1, 0.15) is 6.04 Å². The standard InChI is InChI=1S/C11H15NO2.C3H6.C2H6/c1-12-10(11(13)14-2)8-9-6-4-3-5-7-9;1-3-2;1-2/h3-7,10,12H,8H2,1-2H3;3H,1H2,2H3;1-2H3. The first kappa shape index (κ1) is 19.7. The van der Waals surface area contributed by atoms with Gasteiger partial charge < -0.3 is 10.1 Å². The van der Waals surface area contributed by atoms with E-state index in [1.54, 1.807) is 13.1 Å². The highest BCUT2D eigenvalue weighted by atomic mass is 16.5. The predicted molar refractivity (Wildman–Crippen MR) is 82.2 cm³/mol. The quantitative estimate of drug-likeness (QED) is 0.671. The smallest absolute Gasteiger partial charge is 0.323 e. The van der Waals surface area contributed by atoms with Gasteiger partial charge in [0.05, 0.1) is 7.11 Å². The Morgan fingerprint density at radius 3 is 2.21 bits per heavy atom. The van der Waals surface area contributed by atoms with Crippen LogP contribution in [-0.4, -0.2) is 26.2 Å². The third-order valence-electron chi connectivity index (χ3n) is 2.12. The van der Waals surface area contributed by atoms with Crippen molar-refractivity contribution in [2.75, 3.05) is 14.2 Å². The van der Waals surface area contributed by atoms with Gasteiger partial charge in [0, 0.05) is 0 Å². The Bertz CT molecular complexity index is 323. The minimum atomic E-state index is -0.262. The number of methoxy groups -OCH3 is 1. The number of benzene rings is 1. The van der Waals surface area contributed by atoms with Crippen LogP contribution < -0.4 is 5.32 Å². The number of allylic oxidation sites excluding steroid dienone is 1. The maximum Gasteiger partial charge on any atom is 0.323 e. The maximum absolute atomic E-state index is 11.3. The van der Waals surface area contributed by atoms with Gasteiger partial charge in [0.15, 0.2) is 0 Å². The third-order valence-corrected chi connectivity index (χ3v) is 2.12. The van der Waals surface area contributed by atoms with E-state index >= 15 is 0 Å². The van der Waals surface area contributed by atoms with Crippen LogP contribution >= 0.6 is 0 Å². The lowest BCUT2D eigenvalue weighted by Gasteiger charge is -2.13. The topological polar surface area (TPSA) is 38.3 Å². The molecular formula is C16H27NO2. The van der Waals surface area contributed by atoms with E-state index in [2.05, 4.69) is 16.6 Å². The summed E-state index contributed by atoms with van der Waals surface area (Å²) in [6.45, 7) is 9.25. The first-order valence-electron chi connectivity index (χ1n) is 6.55. The van der Waals surface area contributed by atoms with Gasteiger partial charge in [-0.15, -0.1) is 6.58 Å². The SMILES string of the molecule is C=CC.CC.CNC(Cc1ccccc1)C(=O)OC. The molecule has 108 valence electrons. The molecule has 0 radical (unpaired) electrons. The molecule has 19 heavy (non-hydrogen) atoms. The molecule has 3 nitrogen and oxygen atoms in total. The van der Waals surface area contributed by atoms with Crippen LogP contribution in [0.1, 0.15) is 26.3 Å². The Morgan fingerprint density at radius 1 is 1.37 bits per heavy atom. The lowest BCUT2D eigenvalue weighted by molar-refractivity contribution is -0.142. The molecule has 0 aliphatic rings. The van der Waals surface area contributed by atoms with Crippen LogP contribution in [0.15, 0.2) is 43.0 Å². The normalized spacial score (nSPS) is 9.95. The fourth-order valence-corrected chi connectivity index (χ4v) is 1.30. The first-order chi connectivity index (χ1) is 9.19. The Kier molecular flexibility index (Phi) is 15.0. The zero-order valence-corrected chi connectivity index (χ0v) is 12.8. The number of esters is 1. The molecule has 0 aliphatic carbocycles. The van der Waals surface area contributed by atoms with Gasteiger partial charge in [-0.05, 0) is 26.0 Å². The number of carbonyl (C=O) groups is 1. The number of hydrogen-bond donors (Lipinski definition) is 1. The Hall–Kier alpha value is -1.61. The van der Waals surface area contributed by atoms with Crippen LogP contribution in [0.25, 0.3) is 0 Å². The number of likely N-dealkylation sites (N-methyl/N-ethyl adjacent to an activating group) is 1. The highest BCUT2D eigenvalue weighted by molar-refractivity contribution is 5.76. The molecule has 0 amide bonds. The number of hydrogen-bond acceptors (Lipinski definition) is 3. The van der Waals surface area contributed by atoms with Gasteiger partial charge in [-0.25, -0.2) is 0 Å². The monoisotopic (exact) mass is 265 g/mol. The van der Waals surface area contributed by atoms with E-state index in [1.165, 1.54) is 7.11 Å². The van der Waals surface area contributed by atoms with Crippen molar-refractivity contribution >= 4 is 5.97 Å². The molecular weight excluding hydrogens is 238 g/mol. The molecule has 0 aliphatic heterocycles. The molecule has 1 N–H and O–H groups in total. The van der Waals surface area contributed by atoms with Crippen LogP contribution in [-0.2, 0) is 16.0 Å². The maximum atomic E-state index is 11.3. The second-order valence-corrected chi connectivity index (χ2v) is 3.46. The largest absolute Gasteiger partial charge is 0.468 e. The van der Waals surface area contributed by atoms with E-state index in [9.17, 15) is 4.79 Å². The van der Waals surface area contributed by atoms with Gasteiger partial charge in [0.25, 0.3) is 0 Å². The summed E-state index contributed by atoms with van der Waals surface area (Å²) in [4.78, 5) is 11.3. The van der Waals surface area contributed by atoms with Gasteiger partial charge >= 0.3 is 5.97 Å². The lowest BCUT2D eigenvalue weighted by Crippen LogP contribution is -2.36. The predicted octanol–water partition coefficient (Wildman–Crippen LogP) is 3.21. The zero-order valence-electron chi connectivity index (χ0n) is 12.8. The average molecular weight is 265 g/mol. The van der Waals surface area contributed by atoms with Crippen LogP contribution in [0.3, 0.4) is 0 Å². The molecule has 0 aromatic heterocycles. The van der Waals surface area contributed by atoms with E-state index in [-0.39, 0.29) is 12.0 Å². The van der Waals surface area contributed by atoms with E-state index in [0.29, 0.717) is 6.42 Å². The Balaban J connectivity index is 0. The summed E-state index contributed by atoms with van der Waals surface area (Å²) in [6, 6.07) is 9.59. The Labute approximate surface area is 117 Å². The van der Waals surface area contributed by atoms with Gasteiger partial charge in [-0.1, -0.05) is 50.3 Å². The van der Waals surface area contributed by atoms with Crippen molar-refractivity contribution in [1.82, 2.24) is 5.32 Å². The highest BCUT2D eigenvalue weighted by Crippen LogP contribution is 2.03. The third kappa shape index (κ3) is 10.0. The average Bonchev–Trinajstić information content (AvgIpc) is 2.48.